The van der Waals surface area contributed by atoms with Gasteiger partial charge in [0.25, 0.3) is 0 Å². The summed E-state index contributed by atoms with van der Waals surface area (Å²) in [6.45, 7) is 4.38. The minimum Gasteiger partial charge on any atom is -0.497 e. The minimum atomic E-state index is -3.33. The van der Waals surface area contributed by atoms with Gasteiger partial charge in [-0.2, -0.15) is 4.98 Å². The van der Waals surface area contributed by atoms with Gasteiger partial charge in [0.1, 0.15) is 10.5 Å². The maximum Gasteiger partial charge on any atom is 0.231 e. The number of rotatable bonds is 6. The first kappa shape index (κ1) is 20.8. The highest BCUT2D eigenvalue weighted by atomic mass is 32.2. The molecule has 162 valence electrons. The summed E-state index contributed by atoms with van der Waals surface area (Å²) in [6, 6.07) is 7.60. The summed E-state index contributed by atoms with van der Waals surface area (Å²) in [5.74, 6) is 1.59. The third-order valence-electron chi connectivity index (χ3n) is 6.09. The maximum atomic E-state index is 12.9. The van der Waals surface area contributed by atoms with Gasteiger partial charge in [0.05, 0.1) is 18.8 Å². The fourth-order valence-corrected chi connectivity index (χ4v) is 6.69. The van der Waals surface area contributed by atoms with E-state index in [4.69, 9.17) is 9.26 Å². The molecule has 30 heavy (non-hydrogen) atoms. The Hall–Kier alpha value is -2.42. The molecule has 8 nitrogen and oxygen atoms in total. The fraction of sp³-hybridized carbons (Fsp3) is 0.571. The third-order valence-corrected chi connectivity index (χ3v) is 8.64. The Bertz CT molecular complexity index is 1020. The smallest absolute Gasteiger partial charge is 0.231 e. The molecule has 1 aromatic heterocycles. The van der Waals surface area contributed by atoms with Gasteiger partial charge in [-0.1, -0.05) is 31.1 Å². The van der Waals surface area contributed by atoms with E-state index in [0.29, 0.717) is 31.0 Å². The average molecular weight is 434 g/mol. The normalized spacial score (nSPS) is 21.7. The van der Waals surface area contributed by atoms with Crippen LogP contribution < -0.4 is 4.74 Å². The van der Waals surface area contributed by atoms with Crippen LogP contribution in [0.15, 0.2) is 28.8 Å². The van der Waals surface area contributed by atoms with Crippen molar-refractivity contribution in [1.82, 2.24) is 15.0 Å². The first-order valence-corrected chi connectivity index (χ1v) is 11.8. The molecule has 9 heteroatoms. The number of amides is 1. The summed E-state index contributed by atoms with van der Waals surface area (Å²) < 4.78 is 35.4. The molecule has 1 aromatic carbocycles. The molecule has 1 unspecified atom stereocenters. The zero-order valence-electron chi connectivity index (χ0n) is 17.5. The van der Waals surface area contributed by atoms with Gasteiger partial charge < -0.3 is 14.2 Å². The highest BCUT2D eigenvalue weighted by molar-refractivity contribution is 7.93. The van der Waals surface area contributed by atoms with Crippen LogP contribution in [0.5, 0.6) is 5.75 Å². The number of carbonyl (C=O) groups is 1. The highest BCUT2D eigenvalue weighted by Gasteiger charge is 2.64. The number of hydrogen-bond donors (Lipinski definition) is 0. The first-order valence-electron chi connectivity index (χ1n) is 10.2. The van der Waals surface area contributed by atoms with Crippen LogP contribution in [0.4, 0.5) is 0 Å². The predicted octanol–water partition coefficient (Wildman–Crippen LogP) is 2.20. The number of aromatic nitrogens is 2. The molecular weight excluding hydrogens is 406 g/mol. The number of carbonyl (C=O) groups excluding carboxylic acids is 1. The molecule has 1 spiro atoms. The van der Waals surface area contributed by atoms with E-state index in [2.05, 4.69) is 10.1 Å². The van der Waals surface area contributed by atoms with Crippen LogP contribution in [0, 0.1) is 5.92 Å². The lowest BCUT2D eigenvalue weighted by Gasteiger charge is -2.49. The van der Waals surface area contributed by atoms with Crippen molar-refractivity contribution in [2.24, 2.45) is 5.92 Å². The van der Waals surface area contributed by atoms with Crippen LogP contribution in [0.2, 0.25) is 0 Å². The number of nitrogens with zero attached hydrogens (tertiary/aromatic N) is 3. The fourth-order valence-electron chi connectivity index (χ4n) is 4.38. The van der Waals surface area contributed by atoms with Gasteiger partial charge in [-0.25, -0.2) is 8.42 Å². The van der Waals surface area contributed by atoms with Crippen molar-refractivity contribution in [2.45, 2.75) is 43.8 Å². The first-order chi connectivity index (χ1) is 14.2. The third kappa shape index (κ3) is 3.59. The molecule has 1 amide bonds. The molecule has 0 bridgehead atoms. The van der Waals surface area contributed by atoms with Gasteiger partial charge in [-0.15, -0.1) is 0 Å². The summed E-state index contributed by atoms with van der Waals surface area (Å²) in [5.41, 5.74) is 1.01. The van der Waals surface area contributed by atoms with Crippen molar-refractivity contribution in [3.8, 4) is 5.75 Å². The quantitative estimate of drug-likeness (QED) is 0.688. The number of ether oxygens (including phenoxy) is 1. The Labute approximate surface area is 176 Å². The number of methoxy groups -OCH3 is 1. The maximum absolute atomic E-state index is 12.9. The second kappa shape index (κ2) is 7.68. The lowest BCUT2D eigenvalue weighted by Crippen LogP contribution is -2.67. The average Bonchev–Trinajstić information content (AvgIpc) is 3.21. The largest absolute Gasteiger partial charge is 0.497 e. The Morgan fingerprint density at radius 1 is 1.30 bits per heavy atom. The summed E-state index contributed by atoms with van der Waals surface area (Å²) in [5, 5.41) is 4.07. The van der Waals surface area contributed by atoms with Crippen LogP contribution >= 0.6 is 0 Å². The SMILES string of the molecule is COc1ccc(Cc2noc(C3CCS(=O)(=O)C34CN(C(=O)CC(C)C)C4)n2)cc1. The Kier molecular flexibility index (Phi) is 5.34. The van der Waals surface area contributed by atoms with E-state index in [0.717, 1.165) is 11.3 Å². The summed E-state index contributed by atoms with van der Waals surface area (Å²) in [7, 11) is -1.72. The van der Waals surface area contributed by atoms with Gasteiger partial charge >= 0.3 is 0 Å². The monoisotopic (exact) mass is 433 g/mol. The van der Waals surface area contributed by atoms with Crippen molar-refractivity contribution in [1.29, 1.82) is 0 Å². The molecule has 4 rings (SSSR count). The zero-order chi connectivity index (χ0) is 21.5. The molecule has 3 heterocycles. The van der Waals surface area contributed by atoms with Crippen molar-refractivity contribution in [3.63, 3.8) is 0 Å². The molecule has 2 saturated heterocycles. The van der Waals surface area contributed by atoms with E-state index < -0.39 is 14.6 Å². The molecule has 2 aliphatic rings. The second-order valence-electron chi connectivity index (χ2n) is 8.65. The summed E-state index contributed by atoms with van der Waals surface area (Å²) in [6.07, 6.45) is 1.35. The van der Waals surface area contributed by atoms with Crippen molar-refractivity contribution >= 4 is 15.7 Å². The molecule has 2 aliphatic heterocycles. The topological polar surface area (TPSA) is 103 Å². The van der Waals surface area contributed by atoms with Crippen LogP contribution in [0.25, 0.3) is 0 Å². The van der Waals surface area contributed by atoms with Gasteiger partial charge in [0.2, 0.25) is 11.8 Å². The number of hydrogen-bond acceptors (Lipinski definition) is 7. The number of sulfone groups is 1. The molecule has 1 atom stereocenters. The van der Waals surface area contributed by atoms with E-state index in [1.807, 2.05) is 38.1 Å². The molecule has 2 aromatic rings. The van der Waals surface area contributed by atoms with E-state index in [-0.39, 0.29) is 36.6 Å². The lowest BCUT2D eigenvalue weighted by atomic mass is 9.82. The standard InChI is InChI=1S/C21H27N3O5S/c1-14(2)10-19(25)24-12-21(13-24)17(8-9-30(21,26)27)20-22-18(23-29-20)11-15-4-6-16(28-3)7-5-15/h4-7,14,17H,8-13H2,1-3H3. The van der Waals surface area contributed by atoms with Crippen LogP contribution in [0.3, 0.4) is 0 Å². The van der Waals surface area contributed by atoms with Gasteiger partial charge in [0, 0.05) is 25.9 Å². The van der Waals surface area contributed by atoms with Crippen molar-refractivity contribution < 1.29 is 22.5 Å². The second-order valence-corrected chi connectivity index (χ2v) is 11.1. The lowest BCUT2D eigenvalue weighted by molar-refractivity contribution is -0.137. The van der Waals surface area contributed by atoms with Crippen molar-refractivity contribution in [3.05, 3.63) is 41.5 Å². The minimum absolute atomic E-state index is 0.00204. The van der Waals surface area contributed by atoms with E-state index in [1.54, 1.807) is 12.0 Å². The van der Waals surface area contributed by atoms with E-state index in [1.165, 1.54) is 0 Å². The molecule has 2 fully saturated rings. The Morgan fingerprint density at radius 3 is 2.63 bits per heavy atom. The Morgan fingerprint density at radius 2 is 2.00 bits per heavy atom. The molecule has 0 saturated carbocycles. The van der Waals surface area contributed by atoms with E-state index >= 15 is 0 Å². The molecular formula is C21H27N3O5S. The number of likely N-dealkylation sites (tertiary alicyclic amines) is 1. The number of benzene rings is 1. The zero-order valence-corrected chi connectivity index (χ0v) is 18.3. The van der Waals surface area contributed by atoms with Crippen molar-refractivity contribution in [2.75, 3.05) is 26.0 Å². The van der Waals surface area contributed by atoms with Crippen LogP contribution in [-0.2, 0) is 21.1 Å². The molecule has 0 radical (unpaired) electrons. The highest BCUT2D eigenvalue weighted by Crippen LogP contribution is 2.49. The van der Waals surface area contributed by atoms with Gasteiger partial charge in [0.15, 0.2) is 15.7 Å². The van der Waals surface area contributed by atoms with Gasteiger partial charge in [-0.05, 0) is 30.0 Å². The van der Waals surface area contributed by atoms with Crippen LogP contribution in [0.1, 0.15) is 49.9 Å². The summed E-state index contributed by atoms with van der Waals surface area (Å²) in [4.78, 5) is 18.5. The van der Waals surface area contributed by atoms with Crippen LogP contribution in [-0.4, -0.2) is 60.1 Å². The summed E-state index contributed by atoms with van der Waals surface area (Å²) >= 11 is 0. The van der Waals surface area contributed by atoms with E-state index in [9.17, 15) is 13.2 Å². The predicted molar refractivity (Wildman–Crippen MR) is 110 cm³/mol. The Balaban J connectivity index is 1.50. The molecule has 0 aliphatic carbocycles. The van der Waals surface area contributed by atoms with Gasteiger partial charge in [-0.3, -0.25) is 4.79 Å². The molecule has 0 N–H and O–H groups in total.